The number of carbonyl (C=O) groups is 1. The number of nitriles is 1. The molecule has 0 aromatic heterocycles. The van der Waals surface area contributed by atoms with E-state index in [0.717, 1.165) is 28.8 Å². The molecule has 3 aromatic carbocycles. The van der Waals surface area contributed by atoms with Gasteiger partial charge in [-0.2, -0.15) is 5.26 Å². The van der Waals surface area contributed by atoms with Crippen molar-refractivity contribution in [1.29, 1.82) is 5.26 Å². The van der Waals surface area contributed by atoms with E-state index in [1.54, 1.807) is 6.07 Å². The molecule has 3 aromatic rings. The van der Waals surface area contributed by atoms with Gasteiger partial charge in [-0.05, 0) is 47.4 Å². The van der Waals surface area contributed by atoms with Crippen LogP contribution in [0.25, 0.3) is 11.1 Å². The molecule has 0 fully saturated rings. The summed E-state index contributed by atoms with van der Waals surface area (Å²) in [5.74, 6) is -0.0195. The highest BCUT2D eigenvalue weighted by molar-refractivity contribution is 5.96. The smallest absolute Gasteiger partial charge is 0.253 e. The minimum atomic E-state index is -0.0195. The molecule has 28 heavy (non-hydrogen) atoms. The second-order valence-corrected chi connectivity index (χ2v) is 6.81. The lowest BCUT2D eigenvalue weighted by Gasteiger charge is -2.23. The number of fused-ring (bicyclic) bond motifs is 1. The van der Waals surface area contributed by atoms with Gasteiger partial charge in [0.05, 0.1) is 18.2 Å². The molecular weight excluding hydrogens is 348 g/mol. The number of amides is 1. The maximum absolute atomic E-state index is 12.6. The van der Waals surface area contributed by atoms with Gasteiger partial charge in [0, 0.05) is 17.8 Å². The van der Waals surface area contributed by atoms with Crippen LogP contribution in [0.5, 0.6) is 0 Å². The van der Waals surface area contributed by atoms with Crippen molar-refractivity contribution in [2.45, 2.75) is 13.0 Å². The molecule has 1 aliphatic rings. The Morgan fingerprint density at radius 3 is 2.57 bits per heavy atom. The van der Waals surface area contributed by atoms with Crippen LogP contribution in [0, 0.1) is 11.3 Å². The third-order valence-corrected chi connectivity index (χ3v) is 4.95. The first-order valence-electron chi connectivity index (χ1n) is 9.30. The first-order chi connectivity index (χ1) is 13.7. The summed E-state index contributed by atoms with van der Waals surface area (Å²) in [6.45, 7) is 1.10. The molecule has 0 atom stereocenters. The van der Waals surface area contributed by atoms with Gasteiger partial charge >= 0.3 is 0 Å². The van der Waals surface area contributed by atoms with Crippen LogP contribution in [0.1, 0.15) is 16.7 Å². The summed E-state index contributed by atoms with van der Waals surface area (Å²) < 4.78 is 5.61. The zero-order valence-electron chi connectivity index (χ0n) is 15.5. The third-order valence-electron chi connectivity index (χ3n) is 4.95. The molecule has 1 aliphatic heterocycles. The van der Waals surface area contributed by atoms with Gasteiger partial charge in [0.15, 0.2) is 0 Å². The van der Waals surface area contributed by atoms with Gasteiger partial charge < -0.3 is 9.64 Å². The van der Waals surface area contributed by atoms with Gasteiger partial charge in [0.25, 0.3) is 5.91 Å². The molecule has 0 unspecified atom stereocenters. The standard InChI is InChI=1S/C24H20N2O2/c25-15-19-7-4-8-20(13-19)21-9-10-23-22(14-21)16-28-17-24(27)26(23)12-11-18-5-2-1-3-6-18/h1-10,13-14H,11-12,16-17H2. The normalized spacial score (nSPS) is 13.5. The fraction of sp³-hybridized carbons (Fsp3) is 0.167. The molecule has 0 radical (unpaired) electrons. The minimum absolute atomic E-state index is 0.0195. The SMILES string of the molecule is N#Cc1cccc(-c2ccc3c(c2)COCC(=O)N3CCc2ccccc2)c1. The van der Waals surface area contributed by atoms with E-state index in [4.69, 9.17) is 10.00 Å². The summed E-state index contributed by atoms with van der Waals surface area (Å²) in [4.78, 5) is 14.4. The van der Waals surface area contributed by atoms with Crippen molar-refractivity contribution in [1.82, 2.24) is 0 Å². The molecule has 0 saturated carbocycles. The van der Waals surface area contributed by atoms with Gasteiger partial charge in [0.1, 0.15) is 6.61 Å². The van der Waals surface area contributed by atoms with E-state index in [1.165, 1.54) is 5.56 Å². The second kappa shape index (κ2) is 8.08. The Balaban J connectivity index is 1.64. The van der Waals surface area contributed by atoms with Crippen molar-refractivity contribution in [3.8, 4) is 17.2 Å². The van der Waals surface area contributed by atoms with E-state index < -0.39 is 0 Å². The molecule has 1 heterocycles. The van der Waals surface area contributed by atoms with Crippen molar-refractivity contribution < 1.29 is 9.53 Å². The molecule has 4 heteroatoms. The largest absolute Gasteiger partial charge is 0.367 e. The Bertz CT molecular complexity index is 1040. The van der Waals surface area contributed by atoms with Crippen molar-refractivity contribution in [2.24, 2.45) is 0 Å². The van der Waals surface area contributed by atoms with Gasteiger partial charge in [-0.15, -0.1) is 0 Å². The van der Waals surface area contributed by atoms with Crippen molar-refractivity contribution in [3.05, 3.63) is 89.5 Å². The monoisotopic (exact) mass is 368 g/mol. The first-order valence-corrected chi connectivity index (χ1v) is 9.30. The number of rotatable bonds is 4. The number of ether oxygens (including phenoxy) is 1. The average molecular weight is 368 g/mol. The molecule has 0 spiro atoms. The molecule has 0 saturated heterocycles. The number of hydrogen-bond donors (Lipinski definition) is 0. The first kappa shape index (κ1) is 18.0. The highest BCUT2D eigenvalue weighted by Gasteiger charge is 2.23. The predicted molar refractivity (Wildman–Crippen MR) is 109 cm³/mol. The maximum atomic E-state index is 12.6. The lowest BCUT2D eigenvalue weighted by atomic mass is 10.00. The highest BCUT2D eigenvalue weighted by atomic mass is 16.5. The Labute approximate surface area is 164 Å². The average Bonchev–Trinajstić information content (AvgIpc) is 2.90. The van der Waals surface area contributed by atoms with E-state index in [2.05, 4.69) is 24.3 Å². The Kier molecular flexibility index (Phi) is 5.18. The van der Waals surface area contributed by atoms with Gasteiger partial charge in [-0.3, -0.25) is 4.79 Å². The van der Waals surface area contributed by atoms with Crippen LogP contribution in [0.3, 0.4) is 0 Å². The minimum Gasteiger partial charge on any atom is -0.367 e. The van der Waals surface area contributed by atoms with E-state index in [-0.39, 0.29) is 12.5 Å². The highest BCUT2D eigenvalue weighted by Crippen LogP contribution is 2.30. The summed E-state index contributed by atoms with van der Waals surface area (Å²) in [7, 11) is 0. The zero-order valence-corrected chi connectivity index (χ0v) is 15.5. The summed E-state index contributed by atoms with van der Waals surface area (Å²) in [5.41, 5.74) is 5.71. The molecule has 138 valence electrons. The molecule has 0 bridgehead atoms. The van der Waals surface area contributed by atoms with Gasteiger partial charge in [-0.1, -0.05) is 48.5 Å². The summed E-state index contributed by atoms with van der Waals surface area (Å²) >= 11 is 0. The zero-order chi connectivity index (χ0) is 19.3. The molecule has 1 amide bonds. The second-order valence-electron chi connectivity index (χ2n) is 6.81. The molecular formula is C24H20N2O2. The topological polar surface area (TPSA) is 53.3 Å². The van der Waals surface area contributed by atoms with Crippen LogP contribution in [0.2, 0.25) is 0 Å². The van der Waals surface area contributed by atoms with E-state index in [1.807, 2.05) is 53.4 Å². The maximum Gasteiger partial charge on any atom is 0.253 e. The van der Waals surface area contributed by atoms with E-state index in [0.29, 0.717) is 18.7 Å². The van der Waals surface area contributed by atoms with Crippen molar-refractivity contribution in [3.63, 3.8) is 0 Å². The van der Waals surface area contributed by atoms with Crippen molar-refractivity contribution in [2.75, 3.05) is 18.1 Å². The van der Waals surface area contributed by atoms with Gasteiger partial charge in [-0.25, -0.2) is 0 Å². The number of anilines is 1. The van der Waals surface area contributed by atoms with Gasteiger partial charge in [0.2, 0.25) is 0 Å². The summed E-state index contributed by atoms with van der Waals surface area (Å²) in [6, 6.07) is 25.9. The van der Waals surface area contributed by atoms with Crippen LogP contribution in [0.4, 0.5) is 5.69 Å². The van der Waals surface area contributed by atoms with Crippen LogP contribution in [-0.4, -0.2) is 19.1 Å². The number of hydrogen-bond acceptors (Lipinski definition) is 3. The Morgan fingerprint density at radius 2 is 1.75 bits per heavy atom. The Hall–Kier alpha value is -3.42. The predicted octanol–water partition coefficient (Wildman–Crippen LogP) is 4.33. The number of nitrogens with zero attached hydrogens (tertiary/aromatic N) is 2. The van der Waals surface area contributed by atoms with E-state index in [9.17, 15) is 4.79 Å². The van der Waals surface area contributed by atoms with Crippen LogP contribution in [-0.2, 0) is 22.6 Å². The lowest BCUT2D eigenvalue weighted by Crippen LogP contribution is -2.34. The van der Waals surface area contributed by atoms with Crippen LogP contribution < -0.4 is 4.90 Å². The third kappa shape index (κ3) is 3.80. The fourth-order valence-corrected chi connectivity index (χ4v) is 3.50. The van der Waals surface area contributed by atoms with E-state index >= 15 is 0 Å². The number of carbonyl (C=O) groups excluding carboxylic acids is 1. The van der Waals surface area contributed by atoms with Crippen molar-refractivity contribution >= 4 is 11.6 Å². The Morgan fingerprint density at radius 1 is 0.929 bits per heavy atom. The summed E-state index contributed by atoms with van der Waals surface area (Å²) in [5, 5.41) is 9.14. The fourth-order valence-electron chi connectivity index (χ4n) is 3.50. The molecule has 0 aliphatic carbocycles. The lowest BCUT2D eigenvalue weighted by molar-refractivity contribution is -0.123. The number of benzene rings is 3. The van der Waals surface area contributed by atoms with Crippen LogP contribution in [0.15, 0.2) is 72.8 Å². The quantitative estimate of drug-likeness (QED) is 0.689. The summed E-state index contributed by atoms with van der Waals surface area (Å²) in [6.07, 6.45) is 0.790. The molecule has 0 N–H and O–H groups in total. The molecule has 4 nitrogen and oxygen atoms in total. The van der Waals surface area contributed by atoms with Crippen LogP contribution >= 0.6 is 0 Å². The molecule has 4 rings (SSSR count).